The van der Waals surface area contributed by atoms with E-state index < -0.39 is 11.2 Å². The maximum Gasteiger partial charge on any atom is 0.341 e. The Bertz CT molecular complexity index is 1110. The van der Waals surface area contributed by atoms with E-state index in [1.807, 2.05) is 32.9 Å². The number of carbonyl (C=O) groups is 1. The van der Waals surface area contributed by atoms with Crippen molar-refractivity contribution >= 4 is 35.3 Å². The number of benzene rings is 1. The van der Waals surface area contributed by atoms with Crippen molar-refractivity contribution < 1.29 is 18.9 Å². The first-order valence-electron chi connectivity index (χ1n) is 11.0. The van der Waals surface area contributed by atoms with Crippen molar-refractivity contribution in [2.45, 2.75) is 58.4 Å². The van der Waals surface area contributed by atoms with Crippen LogP contribution < -0.4 is 15.4 Å². The third-order valence-corrected chi connectivity index (χ3v) is 6.84. The Morgan fingerprint density at radius 1 is 1.18 bits per heavy atom. The van der Waals surface area contributed by atoms with Crippen LogP contribution in [0.5, 0.6) is 0 Å². The van der Waals surface area contributed by atoms with E-state index in [2.05, 4.69) is 15.6 Å². The van der Waals surface area contributed by atoms with Crippen molar-refractivity contribution in [3.05, 3.63) is 76.5 Å². The molecule has 2 aromatic heterocycles. The van der Waals surface area contributed by atoms with E-state index in [0.29, 0.717) is 17.9 Å². The minimum absolute atomic E-state index is 0.269. The smallest absolute Gasteiger partial charge is 0.341 e. The molecule has 2 heterocycles. The van der Waals surface area contributed by atoms with Crippen molar-refractivity contribution in [3.8, 4) is 0 Å². The van der Waals surface area contributed by atoms with E-state index in [0.717, 1.165) is 15.2 Å². The second-order valence-electron chi connectivity index (χ2n) is 9.11. The molecule has 9 heteroatoms. The van der Waals surface area contributed by atoms with Crippen LogP contribution in [0.3, 0.4) is 0 Å². The number of hydrogen-bond acceptors (Lipinski definition) is 6. The Labute approximate surface area is 204 Å². The van der Waals surface area contributed by atoms with Crippen LogP contribution in [0.2, 0.25) is 0 Å². The molecule has 0 fully saturated rings. The minimum atomic E-state index is -0.991. The van der Waals surface area contributed by atoms with E-state index in [1.54, 1.807) is 63.1 Å². The number of halogens is 1. The van der Waals surface area contributed by atoms with Gasteiger partial charge in [-0.1, -0.05) is 18.2 Å². The van der Waals surface area contributed by atoms with E-state index in [-0.39, 0.29) is 17.8 Å². The zero-order valence-electron chi connectivity index (χ0n) is 20.1. The summed E-state index contributed by atoms with van der Waals surface area (Å²) in [4.78, 5) is 18.3. The number of nitrogens with zero attached hydrogens (tertiary/aromatic N) is 1. The van der Waals surface area contributed by atoms with Crippen LogP contribution in [0.15, 0.2) is 54.7 Å². The lowest BCUT2D eigenvalue weighted by Crippen LogP contribution is -2.49. The lowest BCUT2D eigenvalue weighted by Gasteiger charge is -2.37. The van der Waals surface area contributed by atoms with Gasteiger partial charge in [0, 0.05) is 11.1 Å². The maximum atomic E-state index is 13.2. The highest BCUT2D eigenvalue weighted by Gasteiger charge is 2.35. The molecule has 3 N–H and O–H groups in total. The van der Waals surface area contributed by atoms with Gasteiger partial charge in [0.15, 0.2) is 0 Å². The van der Waals surface area contributed by atoms with Crippen LogP contribution >= 0.6 is 11.3 Å². The largest absolute Gasteiger partial charge is 0.426 e. The van der Waals surface area contributed by atoms with Gasteiger partial charge in [0.1, 0.15) is 11.6 Å². The highest BCUT2D eigenvalue weighted by atomic mass is 32.1. The van der Waals surface area contributed by atoms with Gasteiger partial charge in [-0.3, -0.25) is 4.79 Å². The van der Waals surface area contributed by atoms with Crippen molar-refractivity contribution in [1.29, 1.82) is 0 Å². The topological polar surface area (TPSA) is 83.5 Å². The molecule has 0 bridgehead atoms. The number of aromatic nitrogens is 1. The van der Waals surface area contributed by atoms with Crippen LogP contribution in [0, 0.1) is 5.82 Å². The summed E-state index contributed by atoms with van der Waals surface area (Å²) in [5.74, 6) is -0.109. The molecule has 179 valence electrons. The molecule has 0 saturated carbocycles. The number of hydrogen-bond donors (Lipinski definition) is 3. The van der Waals surface area contributed by atoms with Gasteiger partial charge in [-0.15, -0.1) is 0 Å². The van der Waals surface area contributed by atoms with Crippen LogP contribution in [0.25, 0.3) is 0 Å². The molecule has 34 heavy (non-hydrogen) atoms. The highest BCUT2D eigenvalue weighted by Crippen LogP contribution is 2.24. The molecule has 6 nitrogen and oxygen atoms in total. The fraction of sp³-hybridized carbons (Fsp3) is 0.360. The van der Waals surface area contributed by atoms with Gasteiger partial charge in [-0.25, -0.2) is 9.37 Å². The second-order valence-corrected chi connectivity index (χ2v) is 10.3. The molecule has 3 aromatic rings. The molecule has 3 rings (SSSR count). The first kappa shape index (κ1) is 25.9. The van der Waals surface area contributed by atoms with Gasteiger partial charge in [-0.05, 0) is 75.3 Å². The van der Waals surface area contributed by atoms with Crippen molar-refractivity contribution in [3.63, 3.8) is 0 Å². The Morgan fingerprint density at radius 2 is 1.88 bits per heavy atom. The monoisotopic (exact) mass is 482 g/mol. The third-order valence-electron chi connectivity index (χ3n) is 5.83. The van der Waals surface area contributed by atoms with Crippen molar-refractivity contribution in [2.24, 2.45) is 0 Å². The van der Waals surface area contributed by atoms with Crippen molar-refractivity contribution in [2.75, 3.05) is 5.32 Å². The molecule has 0 aliphatic heterocycles. The highest BCUT2D eigenvalue weighted by molar-refractivity contribution is 7.21. The fourth-order valence-electron chi connectivity index (χ4n) is 2.91. The molecular formula is C25H30BFN3O3S. The lowest BCUT2D eigenvalue weighted by atomic mass is 9.86. The molecule has 0 saturated heterocycles. The number of anilines is 1. The molecule has 0 aliphatic rings. The van der Waals surface area contributed by atoms with Gasteiger partial charge >= 0.3 is 7.48 Å². The summed E-state index contributed by atoms with van der Waals surface area (Å²) < 4.78 is 19.9. The molecule has 1 aromatic carbocycles. The Morgan fingerprint density at radius 3 is 2.56 bits per heavy atom. The van der Waals surface area contributed by atoms with Crippen LogP contribution in [0.1, 0.15) is 61.5 Å². The second kappa shape index (κ2) is 10.7. The zero-order chi connectivity index (χ0) is 24.9. The molecule has 1 radical (unpaired) electrons. The first-order valence-corrected chi connectivity index (χ1v) is 11.9. The molecular weight excluding hydrogens is 452 g/mol. The van der Waals surface area contributed by atoms with Crippen LogP contribution in [0.4, 0.5) is 10.2 Å². The zero-order valence-corrected chi connectivity index (χ0v) is 20.9. The maximum absolute atomic E-state index is 13.2. The van der Waals surface area contributed by atoms with E-state index >= 15 is 0 Å². The lowest BCUT2D eigenvalue weighted by molar-refractivity contribution is -0.0892. The Hall–Kier alpha value is -2.75. The Balaban J connectivity index is 1.60. The fourth-order valence-corrected chi connectivity index (χ4v) is 3.73. The minimum Gasteiger partial charge on any atom is -0.426 e. The Kier molecular flexibility index (Phi) is 8.12. The summed E-state index contributed by atoms with van der Waals surface area (Å²) in [6, 6.07) is 13.1. The summed E-state index contributed by atoms with van der Waals surface area (Å²) in [6.07, 6.45) is 1.63. The van der Waals surface area contributed by atoms with Gasteiger partial charge in [-0.2, -0.15) is 11.3 Å². The van der Waals surface area contributed by atoms with Crippen molar-refractivity contribution in [1.82, 2.24) is 10.3 Å². The number of aliphatic hydroxyl groups is 1. The summed E-state index contributed by atoms with van der Waals surface area (Å²) in [7, 11) is 1.66. The molecule has 0 unspecified atom stereocenters. The number of pyridine rings is 1. The predicted molar refractivity (Wildman–Crippen MR) is 135 cm³/mol. The van der Waals surface area contributed by atoms with E-state index in [1.165, 1.54) is 12.1 Å². The summed E-state index contributed by atoms with van der Waals surface area (Å²) >= 11 is 1.54. The molecule has 1 atom stereocenters. The average Bonchev–Trinajstić information content (AvgIpc) is 3.24. The predicted octanol–water partition coefficient (Wildman–Crippen LogP) is 4.20. The van der Waals surface area contributed by atoms with Gasteiger partial charge in [0.2, 0.25) is 0 Å². The molecule has 1 amide bonds. The molecule has 0 aliphatic carbocycles. The SMILES string of the molecule is C[C@H](NC(=O)c1cccnc1NCc1ccc([B]OC(C)(C)C(C)(C)O)s1)c1ccc(F)cc1. The first-order chi connectivity index (χ1) is 16.0. The van der Waals surface area contributed by atoms with Crippen LogP contribution in [-0.2, 0) is 11.2 Å². The standard InChI is InChI=1S/C25H30BFN3O3S/c1-16(17-8-10-18(27)11-9-17)30-23(31)20-7-6-14-28-22(20)29-15-19-12-13-21(34-19)26-33-25(4,5)24(2,3)32/h6-14,16,32H,15H2,1-5H3,(H,28,29)(H,30,31)/t16-/m0/s1. The number of nitrogens with one attached hydrogen (secondary N) is 2. The van der Waals surface area contributed by atoms with E-state index in [4.69, 9.17) is 4.65 Å². The van der Waals surface area contributed by atoms with Gasteiger partial charge < -0.3 is 20.4 Å². The normalized spacial score (nSPS) is 12.8. The number of amides is 1. The average molecular weight is 482 g/mol. The quantitative estimate of drug-likeness (QED) is 0.378. The van der Waals surface area contributed by atoms with Gasteiger partial charge in [0.25, 0.3) is 5.91 Å². The number of carbonyl (C=O) groups excluding carboxylic acids is 1. The summed E-state index contributed by atoms with van der Waals surface area (Å²) in [5.41, 5.74) is -0.494. The summed E-state index contributed by atoms with van der Waals surface area (Å²) in [5, 5.41) is 16.4. The van der Waals surface area contributed by atoms with Gasteiger partial charge in [0.05, 0.1) is 29.4 Å². The molecule has 0 spiro atoms. The summed E-state index contributed by atoms with van der Waals surface area (Å²) in [6.45, 7) is 9.43. The van der Waals surface area contributed by atoms with E-state index in [9.17, 15) is 14.3 Å². The number of rotatable bonds is 10. The third kappa shape index (κ3) is 6.65. The van der Waals surface area contributed by atoms with Crippen LogP contribution in [-0.4, -0.2) is 34.7 Å². The number of thiophene rings is 1.